The predicted molar refractivity (Wildman–Crippen MR) is 98.8 cm³/mol. The van der Waals surface area contributed by atoms with E-state index in [0.29, 0.717) is 30.0 Å². The largest absolute Gasteiger partial charge is 0.508 e. The SMILES string of the molecule is Cc1[nH]nc2nc(-c3ccc(O)cc3)cc(C(=O)N3CCC(C)(N)C3)c12. The normalized spacial score (nSPS) is 20.0. The van der Waals surface area contributed by atoms with Crippen LogP contribution < -0.4 is 5.73 Å². The highest BCUT2D eigenvalue weighted by Gasteiger charge is 2.34. The molecule has 1 amide bonds. The molecule has 3 heterocycles. The van der Waals surface area contributed by atoms with Gasteiger partial charge in [0.15, 0.2) is 5.65 Å². The van der Waals surface area contributed by atoms with Crippen LogP contribution in [-0.2, 0) is 0 Å². The first-order chi connectivity index (χ1) is 12.3. The van der Waals surface area contributed by atoms with Gasteiger partial charge in [-0.05, 0) is 50.6 Å². The van der Waals surface area contributed by atoms with Crippen molar-refractivity contribution in [2.75, 3.05) is 13.1 Å². The molecule has 1 saturated heterocycles. The Bertz CT molecular complexity index is 991. The number of fused-ring (bicyclic) bond motifs is 1. The summed E-state index contributed by atoms with van der Waals surface area (Å²) in [5.41, 5.74) is 9.17. The number of phenols is 1. The third-order valence-corrected chi connectivity index (χ3v) is 4.89. The van der Waals surface area contributed by atoms with Crippen molar-refractivity contribution in [3.63, 3.8) is 0 Å². The van der Waals surface area contributed by atoms with Crippen LogP contribution in [0.2, 0.25) is 0 Å². The molecule has 2 aromatic heterocycles. The number of likely N-dealkylation sites (tertiary alicyclic amines) is 1. The van der Waals surface area contributed by atoms with E-state index in [2.05, 4.69) is 15.2 Å². The lowest BCUT2D eigenvalue weighted by molar-refractivity contribution is 0.0787. The Balaban J connectivity index is 1.83. The number of carbonyl (C=O) groups excluding carboxylic acids is 1. The number of aromatic amines is 1. The number of benzene rings is 1. The molecule has 3 aromatic rings. The number of H-pyrrole nitrogens is 1. The van der Waals surface area contributed by atoms with Crippen molar-refractivity contribution < 1.29 is 9.90 Å². The summed E-state index contributed by atoms with van der Waals surface area (Å²) in [5, 5.41) is 17.4. The van der Waals surface area contributed by atoms with E-state index in [-0.39, 0.29) is 17.2 Å². The lowest BCUT2D eigenvalue weighted by atomic mass is 10.0. The molecule has 1 unspecified atom stereocenters. The highest BCUT2D eigenvalue weighted by Crippen LogP contribution is 2.29. The van der Waals surface area contributed by atoms with Gasteiger partial charge in [-0.15, -0.1) is 0 Å². The van der Waals surface area contributed by atoms with Crippen molar-refractivity contribution in [3.05, 3.63) is 41.6 Å². The fraction of sp³-hybridized carbons (Fsp3) is 0.316. The molecule has 0 aliphatic carbocycles. The maximum Gasteiger partial charge on any atom is 0.254 e. The quantitative estimate of drug-likeness (QED) is 0.656. The van der Waals surface area contributed by atoms with E-state index in [1.54, 1.807) is 35.2 Å². The molecule has 1 aliphatic heterocycles. The van der Waals surface area contributed by atoms with E-state index in [1.807, 2.05) is 13.8 Å². The summed E-state index contributed by atoms with van der Waals surface area (Å²) in [7, 11) is 0. The lowest BCUT2D eigenvalue weighted by Crippen LogP contribution is -2.40. The van der Waals surface area contributed by atoms with E-state index >= 15 is 0 Å². The Morgan fingerprint density at radius 1 is 1.35 bits per heavy atom. The number of hydrogen-bond donors (Lipinski definition) is 3. The highest BCUT2D eigenvalue weighted by atomic mass is 16.3. The average molecular weight is 351 g/mol. The summed E-state index contributed by atoms with van der Waals surface area (Å²) in [4.78, 5) is 19.6. The smallest absolute Gasteiger partial charge is 0.254 e. The predicted octanol–water partition coefficient (Wildman–Crippen LogP) is 2.20. The van der Waals surface area contributed by atoms with Gasteiger partial charge in [0.1, 0.15) is 5.75 Å². The van der Waals surface area contributed by atoms with Crippen LogP contribution in [0.3, 0.4) is 0 Å². The Morgan fingerprint density at radius 3 is 2.73 bits per heavy atom. The summed E-state index contributed by atoms with van der Waals surface area (Å²) in [6, 6.07) is 8.53. The number of rotatable bonds is 2. The maximum absolute atomic E-state index is 13.2. The molecule has 7 nitrogen and oxygen atoms in total. The van der Waals surface area contributed by atoms with E-state index in [1.165, 1.54) is 0 Å². The molecule has 4 rings (SSSR count). The molecular formula is C19H21N5O2. The van der Waals surface area contributed by atoms with E-state index in [9.17, 15) is 9.90 Å². The van der Waals surface area contributed by atoms with Crippen molar-refractivity contribution in [2.45, 2.75) is 25.8 Å². The molecular weight excluding hydrogens is 330 g/mol. The zero-order valence-corrected chi connectivity index (χ0v) is 14.8. The molecule has 134 valence electrons. The third-order valence-electron chi connectivity index (χ3n) is 4.89. The van der Waals surface area contributed by atoms with Gasteiger partial charge in [0.2, 0.25) is 0 Å². The number of aromatic nitrogens is 3. The molecule has 0 bridgehead atoms. The Labute approximate surface area is 150 Å². The molecule has 1 aliphatic rings. The topological polar surface area (TPSA) is 108 Å². The number of amides is 1. The monoisotopic (exact) mass is 351 g/mol. The van der Waals surface area contributed by atoms with Gasteiger partial charge in [0.05, 0.1) is 16.6 Å². The van der Waals surface area contributed by atoms with Gasteiger partial charge in [-0.25, -0.2) is 4.98 Å². The second-order valence-electron chi connectivity index (χ2n) is 7.28. The van der Waals surface area contributed by atoms with Crippen molar-refractivity contribution in [1.82, 2.24) is 20.1 Å². The van der Waals surface area contributed by atoms with Crippen LogP contribution in [0.15, 0.2) is 30.3 Å². The number of nitrogens with one attached hydrogen (secondary N) is 1. The van der Waals surface area contributed by atoms with Crippen LogP contribution in [-0.4, -0.2) is 49.7 Å². The van der Waals surface area contributed by atoms with Crippen LogP contribution in [0, 0.1) is 6.92 Å². The summed E-state index contributed by atoms with van der Waals surface area (Å²) in [6.45, 7) is 5.01. The first-order valence-corrected chi connectivity index (χ1v) is 8.57. The highest BCUT2D eigenvalue weighted by molar-refractivity contribution is 6.07. The summed E-state index contributed by atoms with van der Waals surface area (Å²) in [6.07, 6.45) is 0.780. The number of hydrogen-bond acceptors (Lipinski definition) is 5. The van der Waals surface area contributed by atoms with Gasteiger partial charge in [-0.3, -0.25) is 9.89 Å². The van der Waals surface area contributed by atoms with Gasteiger partial charge in [-0.2, -0.15) is 5.10 Å². The lowest BCUT2D eigenvalue weighted by Gasteiger charge is -2.20. The van der Waals surface area contributed by atoms with Crippen LogP contribution in [0.1, 0.15) is 29.4 Å². The second-order valence-corrected chi connectivity index (χ2v) is 7.28. The molecule has 26 heavy (non-hydrogen) atoms. The molecule has 4 N–H and O–H groups in total. The number of pyridine rings is 1. The first kappa shape index (κ1) is 16.5. The van der Waals surface area contributed by atoms with Crippen molar-refractivity contribution in [3.8, 4) is 17.0 Å². The minimum absolute atomic E-state index is 0.0592. The number of nitrogens with two attached hydrogens (primary N) is 1. The molecule has 1 aromatic carbocycles. The van der Waals surface area contributed by atoms with Crippen molar-refractivity contribution in [2.24, 2.45) is 5.73 Å². The zero-order valence-electron chi connectivity index (χ0n) is 14.8. The van der Waals surface area contributed by atoms with Gasteiger partial charge in [0, 0.05) is 29.9 Å². The fourth-order valence-electron chi connectivity index (χ4n) is 3.45. The van der Waals surface area contributed by atoms with Crippen LogP contribution in [0.25, 0.3) is 22.3 Å². The van der Waals surface area contributed by atoms with Gasteiger partial charge in [-0.1, -0.05) is 0 Å². The summed E-state index contributed by atoms with van der Waals surface area (Å²) in [5.74, 6) is 0.122. The summed E-state index contributed by atoms with van der Waals surface area (Å²) >= 11 is 0. The second kappa shape index (κ2) is 5.81. The van der Waals surface area contributed by atoms with Gasteiger partial charge in [0.25, 0.3) is 5.91 Å². The number of aromatic hydroxyl groups is 1. The molecule has 7 heteroatoms. The van der Waals surface area contributed by atoms with Crippen LogP contribution >= 0.6 is 0 Å². The number of aryl methyl sites for hydroxylation is 1. The maximum atomic E-state index is 13.2. The Kier molecular flexibility index (Phi) is 3.69. The first-order valence-electron chi connectivity index (χ1n) is 8.57. The molecule has 0 radical (unpaired) electrons. The Morgan fingerprint density at radius 2 is 2.08 bits per heavy atom. The Hall–Kier alpha value is -2.93. The van der Waals surface area contributed by atoms with Crippen molar-refractivity contribution in [1.29, 1.82) is 0 Å². The summed E-state index contributed by atoms with van der Waals surface area (Å²) < 4.78 is 0. The van der Waals surface area contributed by atoms with Crippen molar-refractivity contribution >= 4 is 16.9 Å². The van der Waals surface area contributed by atoms with Crippen LogP contribution in [0.4, 0.5) is 0 Å². The molecule has 1 fully saturated rings. The van der Waals surface area contributed by atoms with Gasteiger partial charge < -0.3 is 15.7 Å². The molecule has 1 atom stereocenters. The number of carbonyl (C=O) groups is 1. The molecule has 0 saturated carbocycles. The zero-order chi connectivity index (χ0) is 18.5. The standard InChI is InChI=1S/C19H21N5O2/c1-11-16-14(18(26)24-8-7-19(2,20)10-24)9-15(21-17(16)23-22-11)12-3-5-13(25)6-4-12/h3-6,9,25H,7-8,10,20H2,1-2H3,(H,21,22,23). The third kappa shape index (κ3) is 2.80. The number of phenolic OH excluding ortho intramolecular Hbond substituents is 1. The minimum Gasteiger partial charge on any atom is -0.508 e. The van der Waals surface area contributed by atoms with E-state index in [4.69, 9.17) is 5.73 Å². The fourth-order valence-corrected chi connectivity index (χ4v) is 3.45. The minimum atomic E-state index is -0.354. The van der Waals surface area contributed by atoms with E-state index in [0.717, 1.165) is 23.1 Å². The van der Waals surface area contributed by atoms with Crippen LogP contribution in [0.5, 0.6) is 5.75 Å². The average Bonchev–Trinajstić information content (AvgIpc) is 3.17. The van der Waals surface area contributed by atoms with Gasteiger partial charge >= 0.3 is 0 Å². The van der Waals surface area contributed by atoms with E-state index < -0.39 is 0 Å². The molecule has 0 spiro atoms. The number of nitrogens with zero attached hydrogens (tertiary/aromatic N) is 3.